The van der Waals surface area contributed by atoms with Crippen LogP contribution in [-0.4, -0.2) is 41.1 Å². The summed E-state index contributed by atoms with van der Waals surface area (Å²) in [5, 5.41) is 3.27. The molecule has 2 N–H and O–H groups in total. The van der Waals surface area contributed by atoms with Gasteiger partial charge in [-0.1, -0.05) is 17.5 Å². The summed E-state index contributed by atoms with van der Waals surface area (Å²) in [5.41, 5.74) is -3.77. The Kier molecular flexibility index (Phi) is 4.44. The van der Waals surface area contributed by atoms with Gasteiger partial charge in [-0.05, 0) is 24.3 Å². The van der Waals surface area contributed by atoms with Crippen LogP contribution < -0.4 is 10.6 Å². The molecule has 24 heavy (non-hydrogen) atoms. The highest BCUT2D eigenvalue weighted by Gasteiger charge is 2.68. The van der Waals surface area contributed by atoms with E-state index >= 15 is 0 Å². The second-order valence-corrected chi connectivity index (χ2v) is 5.17. The van der Waals surface area contributed by atoms with E-state index < -0.39 is 36.2 Å². The molecule has 0 saturated carbocycles. The predicted molar refractivity (Wildman–Crippen MR) is 76.8 cm³/mol. The highest BCUT2D eigenvalue weighted by molar-refractivity contribution is 6.30. The number of imide groups is 1. The maximum atomic E-state index is 13.4. The highest BCUT2D eigenvalue weighted by atomic mass is 35.5. The van der Waals surface area contributed by atoms with Gasteiger partial charge in [0.15, 0.2) is 0 Å². The van der Waals surface area contributed by atoms with Crippen molar-refractivity contribution in [2.24, 2.45) is 0 Å². The number of carbonyl (C=O) groups is 3. The zero-order valence-electron chi connectivity index (χ0n) is 11.8. The molecule has 0 aliphatic carbocycles. The van der Waals surface area contributed by atoms with Crippen LogP contribution in [0.4, 0.5) is 18.0 Å². The van der Waals surface area contributed by atoms with Gasteiger partial charge in [0, 0.05) is 10.6 Å². The molecule has 2 rings (SSSR count). The van der Waals surface area contributed by atoms with E-state index in [1.807, 2.05) is 5.92 Å². The molecular weight excluding hydrogens is 351 g/mol. The summed E-state index contributed by atoms with van der Waals surface area (Å²) in [5.74, 6) is -1.03. The number of urea groups is 1. The van der Waals surface area contributed by atoms with Crippen molar-refractivity contribution in [3.05, 3.63) is 34.9 Å². The molecule has 1 aliphatic rings. The van der Waals surface area contributed by atoms with E-state index in [-0.39, 0.29) is 15.5 Å². The van der Waals surface area contributed by atoms with Crippen LogP contribution in [0.15, 0.2) is 24.3 Å². The van der Waals surface area contributed by atoms with Crippen molar-refractivity contribution in [3.63, 3.8) is 0 Å². The molecule has 0 aromatic heterocycles. The molecule has 0 spiro atoms. The van der Waals surface area contributed by atoms with E-state index in [1.54, 1.807) is 0 Å². The van der Waals surface area contributed by atoms with Crippen LogP contribution in [0.3, 0.4) is 0 Å². The SMILES string of the molecule is C#CCN1C(=O)NC(NC(=O)c2ccc(Cl)cc2)(C(F)(F)F)C1=O. The summed E-state index contributed by atoms with van der Waals surface area (Å²) in [6.45, 7) is -0.667. The lowest BCUT2D eigenvalue weighted by Gasteiger charge is -2.29. The molecular formula is C14H9ClF3N3O3. The fourth-order valence-corrected chi connectivity index (χ4v) is 2.13. The van der Waals surface area contributed by atoms with Crippen LogP contribution in [0.5, 0.6) is 0 Å². The van der Waals surface area contributed by atoms with Gasteiger partial charge in [-0.25, -0.2) is 9.69 Å². The van der Waals surface area contributed by atoms with Crippen LogP contribution in [0, 0.1) is 12.3 Å². The predicted octanol–water partition coefficient (Wildman–Crippen LogP) is 1.51. The van der Waals surface area contributed by atoms with E-state index in [4.69, 9.17) is 18.0 Å². The number of rotatable bonds is 3. The molecule has 1 aromatic carbocycles. The van der Waals surface area contributed by atoms with Crippen molar-refractivity contribution in [2.75, 3.05) is 6.54 Å². The molecule has 1 aromatic rings. The van der Waals surface area contributed by atoms with E-state index in [0.29, 0.717) is 0 Å². The standard InChI is InChI=1S/C14H9ClF3N3O3/c1-2-7-21-11(23)13(14(16,17)18,20-12(21)24)19-10(22)8-3-5-9(15)6-4-8/h1,3-6H,7H2,(H,19,22)(H,20,24). The van der Waals surface area contributed by atoms with Gasteiger partial charge in [0.25, 0.3) is 17.5 Å². The number of carbonyl (C=O) groups excluding carboxylic acids is 3. The van der Waals surface area contributed by atoms with Crippen LogP contribution in [0.2, 0.25) is 5.02 Å². The largest absolute Gasteiger partial charge is 0.440 e. The summed E-state index contributed by atoms with van der Waals surface area (Å²) < 4.78 is 40.3. The topological polar surface area (TPSA) is 78.5 Å². The molecule has 1 fully saturated rings. The number of terminal acetylenes is 1. The second-order valence-electron chi connectivity index (χ2n) is 4.73. The Morgan fingerprint density at radius 1 is 1.33 bits per heavy atom. The van der Waals surface area contributed by atoms with Crippen LogP contribution >= 0.6 is 11.6 Å². The maximum Gasteiger partial charge on any atom is 0.440 e. The van der Waals surface area contributed by atoms with Crippen molar-refractivity contribution >= 4 is 29.4 Å². The first-order valence-corrected chi connectivity index (χ1v) is 6.72. The number of amides is 4. The molecule has 1 aliphatic heterocycles. The third-order valence-corrected chi connectivity index (χ3v) is 3.44. The lowest BCUT2D eigenvalue weighted by molar-refractivity contribution is -0.200. The van der Waals surface area contributed by atoms with E-state index in [1.165, 1.54) is 34.9 Å². The average molecular weight is 360 g/mol. The van der Waals surface area contributed by atoms with Gasteiger partial charge in [0.1, 0.15) is 0 Å². The lowest BCUT2D eigenvalue weighted by atomic mass is 10.1. The number of benzene rings is 1. The fourth-order valence-electron chi connectivity index (χ4n) is 2.00. The van der Waals surface area contributed by atoms with Crippen LogP contribution in [0.25, 0.3) is 0 Å². The average Bonchev–Trinajstić information content (AvgIpc) is 2.73. The number of hydrogen-bond acceptors (Lipinski definition) is 3. The van der Waals surface area contributed by atoms with Gasteiger partial charge in [0.2, 0.25) is 0 Å². The minimum absolute atomic E-state index is 0.180. The Morgan fingerprint density at radius 3 is 2.42 bits per heavy atom. The van der Waals surface area contributed by atoms with E-state index in [2.05, 4.69) is 0 Å². The van der Waals surface area contributed by atoms with E-state index in [0.717, 1.165) is 0 Å². The first kappa shape index (κ1) is 17.6. The lowest BCUT2D eigenvalue weighted by Crippen LogP contribution is -2.69. The molecule has 126 valence electrons. The minimum Gasteiger partial charge on any atom is -0.314 e. The molecule has 6 nitrogen and oxygen atoms in total. The quantitative estimate of drug-likeness (QED) is 0.634. The van der Waals surface area contributed by atoms with Gasteiger partial charge in [-0.2, -0.15) is 13.2 Å². The third kappa shape index (κ3) is 2.88. The Balaban J connectivity index is 2.39. The molecule has 1 saturated heterocycles. The second kappa shape index (κ2) is 6.05. The number of hydrogen-bond donors (Lipinski definition) is 2. The molecule has 10 heteroatoms. The minimum atomic E-state index is -5.29. The van der Waals surface area contributed by atoms with Crippen molar-refractivity contribution in [1.82, 2.24) is 15.5 Å². The van der Waals surface area contributed by atoms with Crippen molar-refractivity contribution in [1.29, 1.82) is 0 Å². The van der Waals surface area contributed by atoms with Crippen molar-refractivity contribution in [2.45, 2.75) is 11.8 Å². The number of halogens is 4. The van der Waals surface area contributed by atoms with Crippen molar-refractivity contribution in [3.8, 4) is 12.3 Å². The number of nitrogens with zero attached hydrogens (tertiary/aromatic N) is 1. The number of alkyl halides is 3. The summed E-state index contributed by atoms with van der Waals surface area (Å²) in [7, 11) is 0. The molecule has 1 heterocycles. The molecule has 0 bridgehead atoms. The smallest absolute Gasteiger partial charge is 0.314 e. The Hall–Kier alpha value is -2.73. The zero-order chi connectivity index (χ0) is 18.1. The van der Waals surface area contributed by atoms with E-state index in [9.17, 15) is 27.6 Å². The highest BCUT2D eigenvalue weighted by Crippen LogP contribution is 2.34. The fraction of sp³-hybridized carbons (Fsp3) is 0.214. The summed E-state index contributed by atoms with van der Waals surface area (Å²) in [6.07, 6.45) is -0.355. The summed E-state index contributed by atoms with van der Waals surface area (Å²) in [4.78, 5) is 36.0. The molecule has 0 radical (unpaired) electrons. The van der Waals surface area contributed by atoms with Gasteiger partial charge < -0.3 is 5.32 Å². The van der Waals surface area contributed by atoms with Gasteiger partial charge in [-0.15, -0.1) is 6.42 Å². The Morgan fingerprint density at radius 2 is 1.92 bits per heavy atom. The Labute approximate surface area is 138 Å². The van der Waals surface area contributed by atoms with Gasteiger partial charge in [-0.3, -0.25) is 14.9 Å². The van der Waals surface area contributed by atoms with Crippen LogP contribution in [0.1, 0.15) is 10.4 Å². The maximum absolute atomic E-state index is 13.4. The normalized spacial score (nSPS) is 20.5. The summed E-state index contributed by atoms with van der Waals surface area (Å²) in [6, 6.07) is 3.56. The molecule has 1 atom stereocenters. The molecule has 1 unspecified atom stereocenters. The molecule has 4 amide bonds. The number of nitrogens with one attached hydrogen (secondary N) is 2. The van der Waals surface area contributed by atoms with Gasteiger partial charge in [0.05, 0.1) is 6.54 Å². The Bertz CT molecular complexity index is 742. The zero-order valence-corrected chi connectivity index (χ0v) is 12.5. The monoisotopic (exact) mass is 359 g/mol. The van der Waals surface area contributed by atoms with Gasteiger partial charge >= 0.3 is 12.2 Å². The first-order chi connectivity index (χ1) is 11.1. The first-order valence-electron chi connectivity index (χ1n) is 6.35. The van der Waals surface area contributed by atoms with Crippen molar-refractivity contribution < 1.29 is 27.6 Å². The third-order valence-electron chi connectivity index (χ3n) is 3.19. The summed E-state index contributed by atoms with van der Waals surface area (Å²) >= 11 is 5.63. The van der Waals surface area contributed by atoms with Crippen LogP contribution in [-0.2, 0) is 4.79 Å².